The number of ether oxygens (including phenoxy) is 1. The van der Waals surface area contributed by atoms with E-state index in [1.165, 1.54) is 4.68 Å². The molecule has 0 radical (unpaired) electrons. The third-order valence-electron chi connectivity index (χ3n) is 3.53. The molecular weight excluding hydrogens is 318 g/mol. The molecule has 0 saturated carbocycles. The van der Waals surface area contributed by atoms with Crippen molar-refractivity contribution in [1.82, 2.24) is 19.7 Å². The Labute approximate surface area is 148 Å². The molecule has 0 spiro atoms. The Morgan fingerprint density at radius 3 is 2.68 bits per heavy atom. The van der Waals surface area contributed by atoms with Crippen LogP contribution in [0, 0.1) is 0 Å². The van der Waals surface area contributed by atoms with Crippen LogP contribution in [0.3, 0.4) is 0 Å². The fraction of sp³-hybridized carbons (Fsp3) is 0.444. The van der Waals surface area contributed by atoms with Crippen molar-refractivity contribution in [1.29, 1.82) is 0 Å². The molecule has 0 unspecified atom stereocenters. The number of anilines is 1. The zero-order chi connectivity index (χ0) is 18.4. The predicted octanol–water partition coefficient (Wildman–Crippen LogP) is 2.88. The zero-order valence-electron chi connectivity index (χ0n) is 15.2. The van der Waals surface area contributed by atoms with Gasteiger partial charge in [-0.15, -0.1) is 6.58 Å². The van der Waals surface area contributed by atoms with Crippen LogP contribution >= 0.6 is 0 Å². The lowest BCUT2D eigenvalue weighted by Crippen LogP contribution is -2.29. The van der Waals surface area contributed by atoms with Crippen LogP contribution in [0.5, 0.6) is 0 Å². The van der Waals surface area contributed by atoms with Gasteiger partial charge in [0.2, 0.25) is 0 Å². The van der Waals surface area contributed by atoms with Crippen LogP contribution in [-0.4, -0.2) is 38.4 Å². The van der Waals surface area contributed by atoms with E-state index >= 15 is 0 Å². The van der Waals surface area contributed by atoms with E-state index in [0.717, 1.165) is 5.69 Å². The van der Waals surface area contributed by atoms with Crippen molar-refractivity contribution in [3.8, 4) is 5.95 Å². The standard InChI is InChI=1S/C18H25N5O2/c1-6-7-11-25-13(2)16(24)21-15-12-14(18(3,4)5)22-23(15)17-19-9-8-10-20-17/h6,8-10,12-13H,1,7,11H2,2-5H3,(H,21,24)/t13-/m0/s1. The molecule has 0 aliphatic carbocycles. The van der Waals surface area contributed by atoms with Crippen molar-refractivity contribution in [2.45, 2.75) is 45.6 Å². The van der Waals surface area contributed by atoms with Crippen LogP contribution < -0.4 is 5.32 Å². The molecule has 0 aromatic carbocycles. The number of hydrogen-bond donors (Lipinski definition) is 1. The van der Waals surface area contributed by atoms with Gasteiger partial charge in [0.1, 0.15) is 11.9 Å². The molecule has 7 heteroatoms. The van der Waals surface area contributed by atoms with E-state index in [-0.39, 0.29) is 11.3 Å². The predicted molar refractivity (Wildman–Crippen MR) is 96.7 cm³/mol. The first-order chi connectivity index (χ1) is 11.8. The second-order valence-corrected chi connectivity index (χ2v) is 6.71. The van der Waals surface area contributed by atoms with Crippen molar-refractivity contribution >= 4 is 11.7 Å². The Morgan fingerprint density at radius 2 is 2.08 bits per heavy atom. The third kappa shape index (κ3) is 4.96. The van der Waals surface area contributed by atoms with Crippen molar-refractivity contribution in [3.63, 3.8) is 0 Å². The summed E-state index contributed by atoms with van der Waals surface area (Å²) in [6.07, 6.45) is 5.13. The molecule has 0 aliphatic rings. The molecule has 2 rings (SSSR count). The smallest absolute Gasteiger partial charge is 0.254 e. The lowest BCUT2D eigenvalue weighted by Gasteiger charge is -2.13. The number of nitrogens with zero attached hydrogens (tertiary/aromatic N) is 4. The largest absolute Gasteiger partial charge is 0.368 e. The fourth-order valence-corrected chi connectivity index (χ4v) is 2.02. The molecule has 134 valence electrons. The SMILES string of the molecule is C=CCCO[C@@H](C)C(=O)Nc1cc(C(C)(C)C)nn1-c1ncccn1. The van der Waals surface area contributed by atoms with E-state index in [1.54, 1.807) is 31.5 Å². The first kappa shape index (κ1) is 18.8. The monoisotopic (exact) mass is 343 g/mol. The minimum atomic E-state index is -0.585. The molecule has 0 fully saturated rings. The number of hydrogen-bond acceptors (Lipinski definition) is 5. The topological polar surface area (TPSA) is 81.9 Å². The fourth-order valence-electron chi connectivity index (χ4n) is 2.02. The number of amides is 1. The Morgan fingerprint density at radius 1 is 1.40 bits per heavy atom. The van der Waals surface area contributed by atoms with Crippen LogP contribution in [-0.2, 0) is 14.9 Å². The summed E-state index contributed by atoms with van der Waals surface area (Å²) in [5.41, 5.74) is 0.654. The second kappa shape index (κ2) is 8.02. The van der Waals surface area contributed by atoms with Crippen molar-refractivity contribution in [3.05, 3.63) is 42.9 Å². The van der Waals surface area contributed by atoms with Gasteiger partial charge in [-0.05, 0) is 19.4 Å². The molecule has 7 nitrogen and oxygen atoms in total. The molecule has 0 bridgehead atoms. The molecule has 2 heterocycles. The number of carbonyl (C=O) groups is 1. The van der Waals surface area contributed by atoms with Crippen LogP contribution in [0.25, 0.3) is 5.95 Å². The molecule has 2 aromatic heterocycles. The Bertz CT molecular complexity index is 719. The molecule has 1 amide bonds. The van der Waals surface area contributed by atoms with Crippen molar-refractivity contribution in [2.75, 3.05) is 11.9 Å². The maximum Gasteiger partial charge on any atom is 0.254 e. The quantitative estimate of drug-likeness (QED) is 0.617. The lowest BCUT2D eigenvalue weighted by atomic mass is 9.92. The Hall–Kier alpha value is -2.54. The summed E-state index contributed by atoms with van der Waals surface area (Å²) in [6, 6.07) is 3.57. The summed E-state index contributed by atoms with van der Waals surface area (Å²) in [6.45, 7) is 12.0. The molecule has 25 heavy (non-hydrogen) atoms. The number of aromatic nitrogens is 4. The van der Waals surface area contributed by atoms with Gasteiger partial charge in [0.05, 0.1) is 12.3 Å². The van der Waals surface area contributed by atoms with Crippen molar-refractivity contribution < 1.29 is 9.53 Å². The van der Waals surface area contributed by atoms with Gasteiger partial charge < -0.3 is 10.1 Å². The van der Waals surface area contributed by atoms with Crippen LogP contribution in [0.1, 0.15) is 39.8 Å². The van der Waals surface area contributed by atoms with Crippen LogP contribution in [0.2, 0.25) is 0 Å². The van der Waals surface area contributed by atoms with Gasteiger partial charge in [-0.3, -0.25) is 4.79 Å². The normalized spacial score (nSPS) is 12.6. The summed E-state index contributed by atoms with van der Waals surface area (Å²) >= 11 is 0. The highest BCUT2D eigenvalue weighted by molar-refractivity contribution is 5.93. The molecule has 1 N–H and O–H groups in total. The van der Waals surface area contributed by atoms with E-state index in [1.807, 2.05) is 6.07 Å². The minimum absolute atomic E-state index is 0.175. The number of nitrogens with one attached hydrogen (secondary N) is 1. The zero-order valence-corrected chi connectivity index (χ0v) is 15.2. The maximum atomic E-state index is 12.4. The summed E-state index contributed by atoms with van der Waals surface area (Å²) in [5.74, 6) is 0.662. The first-order valence-corrected chi connectivity index (χ1v) is 8.24. The first-order valence-electron chi connectivity index (χ1n) is 8.24. The van der Waals surface area contributed by atoms with Crippen molar-refractivity contribution in [2.24, 2.45) is 0 Å². The molecule has 0 saturated heterocycles. The van der Waals surface area contributed by atoms with E-state index in [9.17, 15) is 4.79 Å². The maximum absolute atomic E-state index is 12.4. The van der Waals surface area contributed by atoms with Gasteiger partial charge in [0.25, 0.3) is 11.9 Å². The van der Waals surface area contributed by atoms with Gasteiger partial charge in [0, 0.05) is 23.9 Å². The van der Waals surface area contributed by atoms with Gasteiger partial charge in [-0.2, -0.15) is 9.78 Å². The summed E-state index contributed by atoms with van der Waals surface area (Å²) in [4.78, 5) is 20.8. The van der Waals surface area contributed by atoms with Crippen LogP contribution in [0.4, 0.5) is 5.82 Å². The number of rotatable bonds is 7. The molecule has 2 aromatic rings. The molecular formula is C18H25N5O2. The molecule has 0 aliphatic heterocycles. The Balaban J connectivity index is 2.25. The summed E-state index contributed by atoms with van der Waals surface area (Å²) < 4.78 is 7.03. The second-order valence-electron chi connectivity index (χ2n) is 6.71. The summed E-state index contributed by atoms with van der Waals surface area (Å²) in [7, 11) is 0. The highest BCUT2D eigenvalue weighted by Gasteiger charge is 2.23. The highest BCUT2D eigenvalue weighted by Crippen LogP contribution is 2.25. The molecule has 1 atom stereocenters. The van der Waals surface area contributed by atoms with E-state index < -0.39 is 6.10 Å². The average molecular weight is 343 g/mol. The van der Waals surface area contributed by atoms with E-state index in [2.05, 4.69) is 47.7 Å². The van der Waals surface area contributed by atoms with Gasteiger partial charge >= 0.3 is 0 Å². The average Bonchev–Trinajstić information content (AvgIpc) is 3.00. The highest BCUT2D eigenvalue weighted by atomic mass is 16.5. The van der Waals surface area contributed by atoms with Gasteiger partial charge in [-0.25, -0.2) is 9.97 Å². The lowest BCUT2D eigenvalue weighted by molar-refractivity contribution is -0.126. The van der Waals surface area contributed by atoms with E-state index in [4.69, 9.17) is 4.74 Å². The third-order valence-corrected chi connectivity index (χ3v) is 3.53. The minimum Gasteiger partial charge on any atom is -0.368 e. The van der Waals surface area contributed by atoms with Gasteiger partial charge in [-0.1, -0.05) is 26.8 Å². The number of carbonyl (C=O) groups excluding carboxylic acids is 1. The van der Waals surface area contributed by atoms with Gasteiger partial charge in [0.15, 0.2) is 0 Å². The van der Waals surface area contributed by atoms with Crippen LogP contribution in [0.15, 0.2) is 37.2 Å². The van der Waals surface area contributed by atoms with E-state index in [0.29, 0.717) is 24.8 Å². The Kier molecular flexibility index (Phi) is 6.03. The summed E-state index contributed by atoms with van der Waals surface area (Å²) in [5, 5.41) is 7.42.